The Kier molecular flexibility index (Phi) is 2.78. The average Bonchev–Trinajstić information content (AvgIpc) is 2.42. The lowest BCUT2D eigenvalue weighted by molar-refractivity contribution is -0.159. The number of carbonyl (C=O) groups excluding carboxylic acids is 2. The summed E-state index contributed by atoms with van der Waals surface area (Å²) in [6.45, 7) is 2.65. The zero-order chi connectivity index (χ0) is 10.9. The summed E-state index contributed by atoms with van der Waals surface area (Å²) in [5.74, 6) is -0.714. The Bertz CT molecular complexity index is 284. The molecule has 0 aliphatic carbocycles. The molecule has 0 radical (unpaired) electrons. The van der Waals surface area contributed by atoms with Crippen LogP contribution >= 0.6 is 0 Å². The molecule has 0 aromatic carbocycles. The second-order valence-corrected chi connectivity index (χ2v) is 4.45. The quantitative estimate of drug-likeness (QED) is 0.513. The first kappa shape index (κ1) is 10.6. The lowest BCUT2D eigenvalue weighted by Gasteiger charge is -2.34. The standard InChI is InChI=1S/C11H16O4/c1-2-3-8-6-11(4-5-14-8)7-9(12)15-10(11)13/h8H,2-7H2,1H3. The highest BCUT2D eigenvalue weighted by atomic mass is 16.6. The second kappa shape index (κ2) is 3.93. The third-order valence-electron chi connectivity index (χ3n) is 3.29. The first-order valence-electron chi connectivity index (χ1n) is 5.53. The predicted octanol–water partition coefficient (Wildman–Crippen LogP) is 1.43. The van der Waals surface area contributed by atoms with Crippen molar-refractivity contribution in [1.29, 1.82) is 0 Å². The van der Waals surface area contributed by atoms with E-state index in [1.807, 2.05) is 0 Å². The lowest BCUT2D eigenvalue weighted by Crippen LogP contribution is -2.38. The average molecular weight is 212 g/mol. The molecule has 0 aromatic heterocycles. The predicted molar refractivity (Wildman–Crippen MR) is 52.0 cm³/mol. The summed E-state index contributed by atoms with van der Waals surface area (Å²) in [7, 11) is 0. The molecule has 2 saturated heterocycles. The van der Waals surface area contributed by atoms with Crippen LogP contribution in [0.1, 0.15) is 39.0 Å². The van der Waals surface area contributed by atoms with Gasteiger partial charge in [0.15, 0.2) is 0 Å². The summed E-state index contributed by atoms with van der Waals surface area (Å²) in [5.41, 5.74) is -0.560. The van der Waals surface area contributed by atoms with Crippen molar-refractivity contribution in [3.63, 3.8) is 0 Å². The molecule has 2 fully saturated rings. The summed E-state index contributed by atoms with van der Waals surface area (Å²) in [4.78, 5) is 22.7. The van der Waals surface area contributed by atoms with Gasteiger partial charge in [-0.2, -0.15) is 0 Å². The van der Waals surface area contributed by atoms with Crippen molar-refractivity contribution in [3.05, 3.63) is 0 Å². The van der Waals surface area contributed by atoms with E-state index in [2.05, 4.69) is 11.7 Å². The van der Waals surface area contributed by atoms with Gasteiger partial charge in [0.05, 0.1) is 17.9 Å². The van der Waals surface area contributed by atoms with E-state index in [1.54, 1.807) is 0 Å². The Morgan fingerprint density at radius 1 is 1.47 bits per heavy atom. The first-order chi connectivity index (χ1) is 7.16. The van der Waals surface area contributed by atoms with Gasteiger partial charge in [-0.1, -0.05) is 13.3 Å². The summed E-state index contributed by atoms with van der Waals surface area (Å²) < 4.78 is 10.2. The van der Waals surface area contributed by atoms with Gasteiger partial charge in [-0.25, -0.2) is 0 Å². The van der Waals surface area contributed by atoms with E-state index >= 15 is 0 Å². The van der Waals surface area contributed by atoms with E-state index in [0.717, 1.165) is 12.8 Å². The van der Waals surface area contributed by atoms with Crippen LogP contribution in [0.25, 0.3) is 0 Å². The van der Waals surface area contributed by atoms with E-state index in [0.29, 0.717) is 19.4 Å². The second-order valence-electron chi connectivity index (χ2n) is 4.45. The van der Waals surface area contributed by atoms with Crippen LogP contribution in [-0.4, -0.2) is 24.6 Å². The topological polar surface area (TPSA) is 52.6 Å². The maximum absolute atomic E-state index is 11.6. The van der Waals surface area contributed by atoms with Crippen molar-refractivity contribution < 1.29 is 19.1 Å². The minimum atomic E-state index is -0.560. The highest BCUT2D eigenvalue weighted by Gasteiger charge is 2.51. The smallest absolute Gasteiger partial charge is 0.320 e. The Morgan fingerprint density at radius 2 is 2.27 bits per heavy atom. The summed E-state index contributed by atoms with van der Waals surface area (Å²) in [5, 5.41) is 0. The minimum Gasteiger partial charge on any atom is -0.393 e. The maximum atomic E-state index is 11.6. The summed E-state index contributed by atoms with van der Waals surface area (Å²) in [6.07, 6.45) is 3.60. The number of hydrogen-bond acceptors (Lipinski definition) is 4. The molecule has 2 aliphatic rings. The SMILES string of the molecule is CCCC1CC2(CCO1)CC(=O)OC2=O. The van der Waals surface area contributed by atoms with Gasteiger partial charge >= 0.3 is 11.9 Å². The fourth-order valence-electron chi connectivity index (χ4n) is 2.47. The molecule has 2 unspecified atom stereocenters. The molecule has 2 atom stereocenters. The maximum Gasteiger partial charge on any atom is 0.320 e. The zero-order valence-corrected chi connectivity index (χ0v) is 8.95. The molecule has 1 spiro atoms. The Hall–Kier alpha value is -0.900. The van der Waals surface area contributed by atoms with Gasteiger partial charge in [0.25, 0.3) is 0 Å². The third kappa shape index (κ3) is 1.91. The van der Waals surface area contributed by atoms with Crippen LogP contribution in [0.5, 0.6) is 0 Å². The van der Waals surface area contributed by atoms with E-state index in [9.17, 15) is 9.59 Å². The molecule has 0 aromatic rings. The Morgan fingerprint density at radius 3 is 2.87 bits per heavy atom. The van der Waals surface area contributed by atoms with Crippen molar-refractivity contribution >= 4 is 11.9 Å². The van der Waals surface area contributed by atoms with Gasteiger partial charge in [0.2, 0.25) is 0 Å². The largest absolute Gasteiger partial charge is 0.393 e. The van der Waals surface area contributed by atoms with Crippen molar-refractivity contribution in [2.24, 2.45) is 5.41 Å². The molecular formula is C11H16O4. The summed E-state index contributed by atoms with van der Waals surface area (Å²) >= 11 is 0. The highest BCUT2D eigenvalue weighted by molar-refractivity contribution is 5.97. The normalized spacial score (nSPS) is 35.9. The van der Waals surface area contributed by atoms with Crippen LogP contribution < -0.4 is 0 Å². The molecule has 4 nitrogen and oxygen atoms in total. The number of ether oxygens (including phenoxy) is 2. The first-order valence-corrected chi connectivity index (χ1v) is 5.53. The molecule has 84 valence electrons. The van der Waals surface area contributed by atoms with Crippen molar-refractivity contribution in [2.45, 2.75) is 45.1 Å². The van der Waals surface area contributed by atoms with Gasteiger partial charge in [0, 0.05) is 6.61 Å². The van der Waals surface area contributed by atoms with E-state index in [1.165, 1.54) is 0 Å². The van der Waals surface area contributed by atoms with Crippen LogP contribution in [0.4, 0.5) is 0 Å². The molecule has 2 rings (SSSR count). The van der Waals surface area contributed by atoms with Crippen LogP contribution in [0.2, 0.25) is 0 Å². The molecular weight excluding hydrogens is 196 g/mol. The number of esters is 2. The van der Waals surface area contributed by atoms with Crippen LogP contribution in [0.3, 0.4) is 0 Å². The molecule has 0 bridgehead atoms. The Labute approximate surface area is 88.9 Å². The van der Waals surface area contributed by atoms with Crippen LogP contribution in [0.15, 0.2) is 0 Å². The van der Waals surface area contributed by atoms with Crippen molar-refractivity contribution in [1.82, 2.24) is 0 Å². The molecule has 2 heterocycles. The Balaban J connectivity index is 2.08. The number of cyclic esters (lactones) is 2. The fourth-order valence-corrected chi connectivity index (χ4v) is 2.47. The lowest BCUT2D eigenvalue weighted by atomic mass is 9.76. The molecule has 2 aliphatic heterocycles. The van der Waals surface area contributed by atoms with Crippen molar-refractivity contribution in [3.8, 4) is 0 Å². The minimum absolute atomic E-state index is 0.113. The summed E-state index contributed by atoms with van der Waals surface area (Å²) in [6, 6.07) is 0. The highest BCUT2D eigenvalue weighted by Crippen LogP contribution is 2.43. The van der Waals surface area contributed by atoms with Gasteiger partial charge in [-0.3, -0.25) is 9.59 Å². The third-order valence-corrected chi connectivity index (χ3v) is 3.29. The van der Waals surface area contributed by atoms with E-state index < -0.39 is 5.41 Å². The zero-order valence-electron chi connectivity index (χ0n) is 8.95. The van der Waals surface area contributed by atoms with Crippen LogP contribution in [-0.2, 0) is 19.1 Å². The monoisotopic (exact) mass is 212 g/mol. The molecule has 0 saturated carbocycles. The van der Waals surface area contributed by atoms with Gasteiger partial charge in [-0.05, 0) is 19.3 Å². The van der Waals surface area contributed by atoms with Crippen LogP contribution in [0, 0.1) is 5.41 Å². The van der Waals surface area contributed by atoms with E-state index in [4.69, 9.17) is 4.74 Å². The molecule has 15 heavy (non-hydrogen) atoms. The van der Waals surface area contributed by atoms with E-state index in [-0.39, 0.29) is 24.5 Å². The number of rotatable bonds is 2. The molecule has 4 heteroatoms. The fraction of sp³-hybridized carbons (Fsp3) is 0.818. The van der Waals surface area contributed by atoms with Gasteiger partial charge < -0.3 is 9.47 Å². The number of hydrogen-bond donors (Lipinski definition) is 0. The van der Waals surface area contributed by atoms with Gasteiger partial charge in [0.1, 0.15) is 0 Å². The van der Waals surface area contributed by atoms with Gasteiger partial charge in [-0.15, -0.1) is 0 Å². The molecule has 0 N–H and O–H groups in total. The molecule has 0 amide bonds. The number of carbonyl (C=O) groups is 2. The van der Waals surface area contributed by atoms with Crippen molar-refractivity contribution in [2.75, 3.05) is 6.61 Å².